The lowest BCUT2D eigenvalue weighted by molar-refractivity contribution is 0.0795. The number of hydrogen-bond acceptors (Lipinski definition) is 2. The highest BCUT2D eigenvalue weighted by atomic mass is 15.2. The average Bonchev–Trinajstić information content (AvgIpc) is 2.40. The highest BCUT2D eigenvalue weighted by Crippen LogP contribution is 2.31. The van der Waals surface area contributed by atoms with E-state index in [1.165, 1.54) is 58.0 Å². The van der Waals surface area contributed by atoms with Crippen LogP contribution in [0.2, 0.25) is 0 Å². The third-order valence-electron chi connectivity index (χ3n) is 4.83. The molecule has 17 heavy (non-hydrogen) atoms. The molecule has 1 saturated carbocycles. The van der Waals surface area contributed by atoms with Crippen molar-refractivity contribution in [1.82, 2.24) is 10.2 Å². The van der Waals surface area contributed by atoms with Crippen LogP contribution in [0.3, 0.4) is 0 Å². The van der Waals surface area contributed by atoms with Gasteiger partial charge in [0.05, 0.1) is 0 Å². The minimum Gasteiger partial charge on any atom is -0.313 e. The van der Waals surface area contributed by atoms with Crippen molar-refractivity contribution in [2.24, 2.45) is 5.92 Å². The summed E-state index contributed by atoms with van der Waals surface area (Å²) in [4.78, 5) is 2.79. The Kier molecular flexibility index (Phi) is 5.30. The molecule has 0 spiro atoms. The number of rotatable bonds is 4. The Morgan fingerprint density at radius 1 is 1.06 bits per heavy atom. The minimum absolute atomic E-state index is 0.765. The second kappa shape index (κ2) is 6.75. The lowest BCUT2D eigenvalue weighted by Gasteiger charge is -2.44. The van der Waals surface area contributed by atoms with E-state index in [1.807, 2.05) is 0 Å². The van der Waals surface area contributed by atoms with Gasteiger partial charge >= 0.3 is 0 Å². The molecular formula is C15H30N2. The molecule has 0 radical (unpaired) electrons. The molecular weight excluding hydrogens is 208 g/mol. The predicted octanol–water partition coefficient (Wildman–Crippen LogP) is 3.03. The first-order valence-electron chi connectivity index (χ1n) is 7.82. The maximum atomic E-state index is 3.73. The summed E-state index contributed by atoms with van der Waals surface area (Å²) in [5.41, 5.74) is 0. The Labute approximate surface area is 107 Å². The van der Waals surface area contributed by atoms with Crippen molar-refractivity contribution in [3.8, 4) is 0 Å². The number of piperidine rings is 1. The summed E-state index contributed by atoms with van der Waals surface area (Å²) >= 11 is 0. The van der Waals surface area contributed by atoms with Gasteiger partial charge in [0.1, 0.15) is 0 Å². The van der Waals surface area contributed by atoms with Crippen LogP contribution in [0.25, 0.3) is 0 Å². The van der Waals surface area contributed by atoms with Gasteiger partial charge in [0, 0.05) is 12.1 Å². The molecule has 3 atom stereocenters. The Morgan fingerprint density at radius 2 is 1.82 bits per heavy atom. The van der Waals surface area contributed by atoms with Crippen molar-refractivity contribution in [2.75, 3.05) is 19.6 Å². The first-order chi connectivity index (χ1) is 8.35. The number of likely N-dealkylation sites (tertiary alicyclic amines) is 1. The number of nitrogens with zero attached hydrogens (tertiary/aromatic N) is 1. The molecule has 0 aromatic heterocycles. The van der Waals surface area contributed by atoms with Crippen LogP contribution in [0.15, 0.2) is 0 Å². The zero-order valence-corrected chi connectivity index (χ0v) is 11.8. The van der Waals surface area contributed by atoms with Gasteiger partial charge in [-0.25, -0.2) is 0 Å². The summed E-state index contributed by atoms with van der Waals surface area (Å²) < 4.78 is 0. The number of hydrogen-bond donors (Lipinski definition) is 1. The standard InChI is InChI=1S/C15H30N2/c1-3-13-8-9-14(16-4-2)15(12-13)17-10-6-5-7-11-17/h13-16H,3-12H2,1-2H3. The third-order valence-corrected chi connectivity index (χ3v) is 4.83. The molecule has 2 heteroatoms. The minimum atomic E-state index is 0.765. The maximum absolute atomic E-state index is 3.73. The zero-order chi connectivity index (χ0) is 12.1. The Hall–Kier alpha value is -0.0800. The number of nitrogens with one attached hydrogen (secondary N) is 1. The highest BCUT2D eigenvalue weighted by Gasteiger charge is 2.33. The topological polar surface area (TPSA) is 15.3 Å². The molecule has 1 N–H and O–H groups in total. The van der Waals surface area contributed by atoms with Crippen LogP contribution < -0.4 is 5.32 Å². The fourth-order valence-electron chi connectivity index (χ4n) is 3.76. The van der Waals surface area contributed by atoms with Crippen LogP contribution >= 0.6 is 0 Å². The first-order valence-corrected chi connectivity index (χ1v) is 7.82. The molecule has 100 valence electrons. The van der Waals surface area contributed by atoms with Gasteiger partial charge in [-0.05, 0) is 57.7 Å². The summed E-state index contributed by atoms with van der Waals surface area (Å²) in [6.07, 6.45) is 9.95. The van der Waals surface area contributed by atoms with Gasteiger partial charge in [0.2, 0.25) is 0 Å². The smallest absolute Gasteiger partial charge is 0.0251 e. The van der Waals surface area contributed by atoms with Gasteiger partial charge < -0.3 is 5.32 Å². The summed E-state index contributed by atoms with van der Waals surface area (Å²) in [5, 5.41) is 3.73. The third kappa shape index (κ3) is 3.45. The molecule has 1 saturated heterocycles. The van der Waals surface area contributed by atoms with Crippen molar-refractivity contribution in [3.05, 3.63) is 0 Å². The fraction of sp³-hybridized carbons (Fsp3) is 1.00. The summed E-state index contributed by atoms with van der Waals surface area (Å²) in [7, 11) is 0. The van der Waals surface area contributed by atoms with E-state index in [-0.39, 0.29) is 0 Å². The van der Waals surface area contributed by atoms with Crippen molar-refractivity contribution in [1.29, 1.82) is 0 Å². The average molecular weight is 238 g/mol. The largest absolute Gasteiger partial charge is 0.313 e. The molecule has 1 aliphatic heterocycles. The van der Waals surface area contributed by atoms with Crippen molar-refractivity contribution in [2.45, 2.75) is 70.9 Å². The SMILES string of the molecule is CCNC1CCC(CC)CC1N1CCCCC1. The van der Waals surface area contributed by atoms with Gasteiger partial charge in [-0.3, -0.25) is 4.90 Å². The summed E-state index contributed by atoms with van der Waals surface area (Å²) in [6, 6.07) is 1.59. The monoisotopic (exact) mass is 238 g/mol. The Balaban J connectivity index is 1.96. The molecule has 1 aliphatic carbocycles. The Morgan fingerprint density at radius 3 is 2.47 bits per heavy atom. The molecule has 2 rings (SSSR count). The quantitative estimate of drug-likeness (QED) is 0.810. The van der Waals surface area contributed by atoms with Crippen LogP contribution in [-0.4, -0.2) is 36.6 Å². The number of likely N-dealkylation sites (N-methyl/N-ethyl adjacent to an activating group) is 1. The molecule has 2 nitrogen and oxygen atoms in total. The summed E-state index contributed by atoms with van der Waals surface area (Å²) in [5.74, 6) is 0.983. The molecule has 2 aliphatic rings. The molecule has 0 bridgehead atoms. The van der Waals surface area contributed by atoms with Gasteiger partial charge in [0.15, 0.2) is 0 Å². The second-order valence-electron chi connectivity index (χ2n) is 5.92. The molecule has 3 unspecified atom stereocenters. The fourth-order valence-corrected chi connectivity index (χ4v) is 3.76. The van der Waals surface area contributed by atoms with E-state index < -0.39 is 0 Å². The van der Waals surface area contributed by atoms with E-state index in [1.54, 1.807) is 0 Å². The summed E-state index contributed by atoms with van der Waals surface area (Å²) in [6.45, 7) is 8.45. The lowest BCUT2D eigenvalue weighted by atomic mass is 9.79. The zero-order valence-electron chi connectivity index (χ0n) is 11.8. The van der Waals surface area contributed by atoms with Crippen LogP contribution in [0, 0.1) is 5.92 Å². The van der Waals surface area contributed by atoms with E-state index in [9.17, 15) is 0 Å². The van der Waals surface area contributed by atoms with Crippen LogP contribution in [0.5, 0.6) is 0 Å². The van der Waals surface area contributed by atoms with Crippen LogP contribution in [-0.2, 0) is 0 Å². The molecule has 2 fully saturated rings. The van der Waals surface area contributed by atoms with Gasteiger partial charge in [-0.2, -0.15) is 0 Å². The second-order valence-corrected chi connectivity index (χ2v) is 5.92. The predicted molar refractivity (Wildman–Crippen MR) is 74.3 cm³/mol. The van der Waals surface area contributed by atoms with Gasteiger partial charge in [-0.1, -0.05) is 26.7 Å². The molecule has 1 heterocycles. The van der Waals surface area contributed by atoms with Crippen molar-refractivity contribution < 1.29 is 0 Å². The Bertz CT molecular complexity index is 206. The highest BCUT2D eigenvalue weighted by molar-refractivity contribution is 4.91. The molecule has 0 amide bonds. The molecule has 0 aromatic carbocycles. The molecule has 0 aromatic rings. The normalized spacial score (nSPS) is 36.0. The van der Waals surface area contributed by atoms with Crippen molar-refractivity contribution in [3.63, 3.8) is 0 Å². The van der Waals surface area contributed by atoms with Gasteiger partial charge in [0.25, 0.3) is 0 Å². The van der Waals surface area contributed by atoms with E-state index in [4.69, 9.17) is 0 Å². The van der Waals surface area contributed by atoms with E-state index in [0.717, 1.165) is 24.5 Å². The van der Waals surface area contributed by atoms with Crippen LogP contribution in [0.4, 0.5) is 0 Å². The van der Waals surface area contributed by atoms with E-state index in [0.29, 0.717) is 0 Å². The van der Waals surface area contributed by atoms with E-state index >= 15 is 0 Å². The van der Waals surface area contributed by atoms with E-state index in [2.05, 4.69) is 24.1 Å². The maximum Gasteiger partial charge on any atom is 0.0251 e. The first kappa shape index (κ1) is 13.4. The van der Waals surface area contributed by atoms with Crippen LogP contribution in [0.1, 0.15) is 58.8 Å². The van der Waals surface area contributed by atoms with Gasteiger partial charge in [-0.15, -0.1) is 0 Å². The lowest BCUT2D eigenvalue weighted by Crippen LogP contribution is -2.54. The van der Waals surface area contributed by atoms with Crippen molar-refractivity contribution >= 4 is 0 Å².